The normalized spacial score (nSPS) is 10.3. The van der Waals surface area contributed by atoms with Crippen LogP contribution in [-0.2, 0) is 0 Å². The molecule has 0 atom stereocenters. The Bertz CT molecular complexity index is 852. The summed E-state index contributed by atoms with van der Waals surface area (Å²) in [6.45, 7) is 2.58. The molecule has 1 heterocycles. The molecule has 1 N–H and O–H groups in total. The third-order valence-corrected chi connectivity index (χ3v) is 4.15. The van der Waals surface area contributed by atoms with Crippen LogP contribution in [0.2, 0.25) is 0 Å². The molecule has 0 amide bonds. The Hall–Kier alpha value is -2.78. The molecule has 0 bridgehead atoms. The van der Waals surface area contributed by atoms with Gasteiger partial charge in [0.1, 0.15) is 5.75 Å². The standard InChI is InChI=1S/C18H16N4OS/c1-13-5-7-15(8-6-13)17-20-18(22-21-17)24-10-9-23-16-4-2-3-14(11-16)12-19/h2-8,11H,9-10H2,1H3,(H,20,21,22). The van der Waals surface area contributed by atoms with Gasteiger partial charge in [-0.1, -0.05) is 47.7 Å². The van der Waals surface area contributed by atoms with E-state index in [9.17, 15) is 0 Å². The van der Waals surface area contributed by atoms with E-state index in [2.05, 4.69) is 28.2 Å². The van der Waals surface area contributed by atoms with Crippen LogP contribution in [0.1, 0.15) is 11.1 Å². The van der Waals surface area contributed by atoms with Gasteiger partial charge in [0, 0.05) is 11.3 Å². The van der Waals surface area contributed by atoms with Crippen molar-refractivity contribution in [2.75, 3.05) is 12.4 Å². The van der Waals surface area contributed by atoms with E-state index in [0.717, 1.165) is 17.1 Å². The molecule has 2 aromatic carbocycles. The molecule has 0 aliphatic rings. The van der Waals surface area contributed by atoms with Crippen LogP contribution >= 0.6 is 11.8 Å². The lowest BCUT2D eigenvalue weighted by Crippen LogP contribution is -2.00. The number of nitrogens with zero attached hydrogens (tertiary/aromatic N) is 3. The Kier molecular flexibility index (Phi) is 5.14. The number of thioether (sulfide) groups is 1. The van der Waals surface area contributed by atoms with Crippen LogP contribution in [0, 0.1) is 18.3 Å². The van der Waals surface area contributed by atoms with Gasteiger partial charge in [-0.25, -0.2) is 4.98 Å². The van der Waals surface area contributed by atoms with Crippen LogP contribution in [0.4, 0.5) is 0 Å². The second-order valence-corrected chi connectivity index (χ2v) is 6.23. The maximum absolute atomic E-state index is 8.86. The van der Waals surface area contributed by atoms with Crippen LogP contribution in [0.5, 0.6) is 5.75 Å². The molecule has 120 valence electrons. The van der Waals surface area contributed by atoms with Gasteiger partial charge in [0.25, 0.3) is 0 Å². The van der Waals surface area contributed by atoms with E-state index in [1.165, 1.54) is 17.3 Å². The monoisotopic (exact) mass is 336 g/mol. The van der Waals surface area contributed by atoms with Crippen molar-refractivity contribution in [1.82, 2.24) is 15.2 Å². The summed E-state index contributed by atoms with van der Waals surface area (Å²) in [5, 5.41) is 16.7. The molecule has 0 spiro atoms. The summed E-state index contributed by atoms with van der Waals surface area (Å²) in [5.74, 6) is 2.19. The number of aromatic amines is 1. The summed E-state index contributed by atoms with van der Waals surface area (Å²) in [7, 11) is 0. The maximum Gasteiger partial charge on any atom is 0.208 e. The molecule has 0 unspecified atom stereocenters. The lowest BCUT2D eigenvalue weighted by atomic mass is 10.1. The Morgan fingerprint density at radius 2 is 2.04 bits per heavy atom. The van der Waals surface area contributed by atoms with Crippen molar-refractivity contribution in [3.63, 3.8) is 0 Å². The van der Waals surface area contributed by atoms with E-state index in [4.69, 9.17) is 10.00 Å². The number of nitrogens with one attached hydrogen (secondary N) is 1. The van der Waals surface area contributed by atoms with E-state index >= 15 is 0 Å². The zero-order valence-corrected chi connectivity index (χ0v) is 14.0. The van der Waals surface area contributed by atoms with Crippen molar-refractivity contribution in [3.05, 3.63) is 59.7 Å². The Labute approximate surface area is 144 Å². The number of nitriles is 1. The number of aromatic nitrogens is 3. The molecule has 0 saturated heterocycles. The number of rotatable bonds is 6. The molecule has 5 nitrogen and oxygen atoms in total. The Morgan fingerprint density at radius 1 is 1.21 bits per heavy atom. The molecule has 6 heteroatoms. The number of ether oxygens (including phenoxy) is 1. The number of aryl methyl sites for hydroxylation is 1. The summed E-state index contributed by atoms with van der Waals surface area (Å²) in [5.41, 5.74) is 2.83. The first-order valence-electron chi connectivity index (χ1n) is 7.50. The van der Waals surface area contributed by atoms with E-state index in [-0.39, 0.29) is 0 Å². The number of benzene rings is 2. The van der Waals surface area contributed by atoms with E-state index < -0.39 is 0 Å². The van der Waals surface area contributed by atoms with Gasteiger partial charge in [-0.15, -0.1) is 5.10 Å². The summed E-state index contributed by atoms with van der Waals surface area (Å²) in [6, 6.07) is 17.4. The highest BCUT2D eigenvalue weighted by Crippen LogP contribution is 2.20. The molecule has 3 rings (SSSR count). The minimum atomic E-state index is 0.522. The number of hydrogen-bond donors (Lipinski definition) is 1. The highest BCUT2D eigenvalue weighted by Gasteiger charge is 2.06. The van der Waals surface area contributed by atoms with Gasteiger partial charge in [0.15, 0.2) is 5.82 Å². The van der Waals surface area contributed by atoms with E-state index in [1.807, 2.05) is 36.4 Å². The average Bonchev–Trinajstić information content (AvgIpc) is 3.08. The minimum Gasteiger partial charge on any atom is -0.493 e. The van der Waals surface area contributed by atoms with Gasteiger partial charge >= 0.3 is 0 Å². The van der Waals surface area contributed by atoms with Crippen LogP contribution in [-0.4, -0.2) is 27.5 Å². The zero-order chi connectivity index (χ0) is 16.8. The van der Waals surface area contributed by atoms with Gasteiger partial charge in [0.2, 0.25) is 5.16 Å². The van der Waals surface area contributed by atoms with Gasteiger partial charge in [-0.05, 0) is 25.1 Å². The van der Waals surface area contributed by atoms with Crippen molar-refractivity contribution >= 4 is 11.8 Å². The second kappa shape index (κ2) is 7.66. The highest BCUT2D eigenvalue weighted by molar-refractivity contribution is 7.99. The fourth-order valence-corrected chi connectivity index (χ4v) is 2.71. The van der Waals surface area contributed by atoms with Crippen molar-refractivity contribution in [2.24, 2.45) is 0 Å². The van der Waals surface area contributed by atoms with Gasteiger partial charge < -0.3 is 4.74 Å². The van der Waals surface area contributed by atoms with Crippen LogP contribution in [0.3, 0.4) is 0 Å². The number of H-pyrrole nitrogens is 1. The summed E-state index contributed by atoms with van der Waals surface area (Å²) < 4.78 is 5.64. The Balaban J connectivity index is 1.50. The van der Waals surface area contributed by atoms with Crippen molar-refractivity contribution in [3.8, 4) is 23.2 Å². The Morgan fingerprint density at radius 3 is 2.83 bits per heavy atom. The summed E-state index contributed by atoms with van der Waals surface area (Å²) in [6.07, 6.45) is 0. The van der Waals surface area contributed by atoms with Crippen molar-refractivity contribution < 1.29 is 4.74 Å². The maximum atomic E-state index is 8.86. The molecule has 0 saturated carbocycles. The molecule has 24 heavy (non-hydrogen) atoms. The summed E-state index contributed by atoms with van der Waals surface area (Å²) in [4.78, 5) is 4.48. The van der Waals surface area contributed by atoms with E-state index in [0.29, 0.717) is 23.1 Å². The molecular formula is C18H16N4OS. The van der Waals surface area contributed by atoms with Gasteiger partial charge in [-0.3, -0.25) is 5.10 Å². The smallest absolute Gasteiger partial charge is 0.208 e. The minimum absolute atomic E-state index is 0.522. The summed E-state index contributed by atoms with van der Waals surface area (Å²) >= 11 is 1.52. The molecule has 1 aromatic heterocycles. The number of hydrogen-bond acceptors (Lipinski definition) is 5. The largest absolute Gasteiger partial charge is 0.493 e. The van der Waals surface area contributed by atoms with E-state index in [1.54, 1.807) is 12.1 Å². The fraction of sp³-hybridized carbons (Fsp3) is 0.167. The van der Waals surface area contributed by atoms with Crippen molar-refractivity contribution in [1.29, 1.82) is 5.26 Å². The lowest BCUT2D eigenvalue weighted by Gasteiger charge is -2.04. The third kappa shape index (κ3) is 4.15. The van der Waals surface area contributed by atoms with Crippen LogP contribution in [0.25, 0.3) is 11.4 Å². The molecule has 3 aromatic rings. The molecule has 0 radical (unpaired) electrons. The first-order chi connectivity index (χ1) is 11.7. The SMILES string of the molecule is Cc1ccc(-c2nc(SCCOc3cccc(C#N)c3)n[nH]2)cc1. The predicted octanol–water partition coefficient (Wildman–Crippen LogP) is 3.82. The predicted molar refractivity (Wildman–Crippen MR) is 93.9 cm³/mol. The second-order valence-electron chi connectivity index (χ2n) is 5.17. The highest BCUT2D eigenvalue weighted by atomic mass is 32.2. The quantitative estimate of drug-likeness (QED) is 0.547. The van der Waals surface area contributed by atoms with Crippen LogP contribution < -0.4 is 4.74 Å². The first-order valence-corrected chi connectivity index (χ1v) is 8.48. The molecular weight excluding hydrogens is 320 g/mol. The van der Waals surface area contributed by atoms with Crippen LogP contribution in [0.15, 0.2) is 53.7 Å². The topological polar surface area (TPSA) is 74.6 Å². The average molecular weight is 336 g/mol. The molecule has 0 fully saturated rings. The first kappa shape index (κ1) is 16.1. The van der Waals surface area contributed by atoms with Gasteiger partial charge in [0.05, 0.1) is 18.2 Å². The molecule has 0 aliphatic carbocycles. The molecule has 0 aliphatic heterocycles. The van der Waals surface area contributed by atoms with Crippen molar-refractivity contribution in [2.45, 2.75) is 12.1 Å². The lowest BCUT2D eigenvalue weighted by molar-refractivity contribution is 0.344. The third-order valence-electron chi connectivity index (χ3n) is 3.34. The zero-order valence-electron chi connectivity index (χ0n) is 13.2. The van der Waals surface area contributed by atoms with Gasteiger partial charge in [-0.2, -0.15) is 5.26 Å². The fourth-order valence-electron chi connectivity index (χ4n) is 2.10.